The maximum atomic E-state index is 13.1. The summed E-state index contributed by atoms with van der Waals surface area (Å²) in [6.07, 6.45) is 0.407. The molecule has 0 amide bonds. The molecule has 4 heteroatoms. The van der Waals surface area contributed by atoms with Gasteiger partial charge in [0.15, 0.2) is 0 Å². The van der Waals surface area contributed by atoms with Crippen molar-refractivity contribution in [2.24, 2.45) is 0 Å². The highest BCUT2D eigenvalue weighted by molar-refractivity contribution is 9.10. The van der Waals surface area contributed by atoms with Crippen LogP contribution in [-0.2, 0) is 12.0 Å². The van der Waals surface area contributed by atoms with Crippen LogP contribution in [-0.4, -0.2) is 5.11 Å². The van der Waals surface area contributed by atoms with Crippen molar-refractivity contribution in [3.63, 3.8) is 0 Å². The highest BCUT2D eigenvalue weighted by atomic mass is 79.9. The van der Waals surface area contributed by atoms with Crippen molar-refractivity contribution < 1.29 is 9.50 Å². The quantitative estimate of drug-likeness (QED) is 0.801. The Morgan fingerprint density at radius 1 is 1.16 bits per heavy atom. The molecule has 2 rings (SSSR count). The fourth-order valence-corrected chi connectivity index (χ4v) is 2.85. The first kappa shape index (κ1) is 14.7. The van der Waals surface area contributed by atoms with Crippen molar-refractivity contribution in [3.05, 3.63) is 68.4 Å². The molecular weight excluding hydrogens is 375 g/mol. The fraction of sp³-hybridized carbons (Fsp3) is 0.200. The van der Waals surface area contributed by atoms with E-state index in [-0.39, 0.29) is 5.82 Å². The average Bonchev–Trinajstić information content (AvgIpc) is 2.33. The summed E-state index contributed by atoms with van der Waals surface area (Å²) in [6.45, 7) is 1.75. The van der Waals surface area contributed by atoms with Crippen LogP contribution in [0.2, 0.25) is 0 Å². The van der Waals surface area contributed by atoms with Gasteiger partial charge in [-0.25, -0.2) is 4.39 Å². The van der Waals surface area contributed by atoms with Gasteiger partial charge >= 0.3 is 0 Å². The van der Waals surface area contributed by atoms with Gasteiger partial charge in [0.05, 0.1) is 5.60 Å². The van der Waals surface area contributed by atoms with E-state index in [1.54, 1.807) is 13.0 Å². The largest absolute Gasteiger partial charge is 0.385 e. The van der Waals surface area contributed by atoms with Crippen LogP contribution in [0.25, 0.3) is 0 Å². The maximum absolute atomic E-state index is 13.1. The molecular formula is C15H13Br2FO. The number of benzene rings is 2. The van der Waals surface area contributed by atoms with Crippen molar-refractivity contribution in [3.8, 4) is 0 Å². The van der Waals surface area contributed by atoms with E-state index in [9.17, 15) is 9.50 Å². The monoisotopic (exact) mass is 386 g/mol. The SMILES string of the molecule is CC(O)(Cc1ccc(F)cc1Br)c1cccc(Br)c1. The summed E-state index contributed by atoms with van der Waals surface area (Å²) in [4.78, 5) is 0. The van der Waals surface area contributed by atoms with Gasteiger partial charge in [-0.3, -0.25) is 0 Å². The Bertz CT molecular complexity index is 596. The average molecular weight is 388 g/mol. The second kappa shape index (κ2) is 5.73. The summed E-state index contributed by atoms with van der Waals surface area (Å²) in [5.74, 6) is -0.294. The Kier molecular flexibility index (Phi) is 4.43. The molecule has 100 valence electrons. The zero-order chi connectivity index (χ0) is 14.0. The molecule has 1 N–H and O–H groups in total. The second-order valence-corrected chi connectivity index (χ2v) is 6.47. The summed E-state index contributed by atoms with van der Waals surface area (Å²) in [5, 5.41) is 10.6. The molecule has 0 aliphatic rings. The Balaban J connectivity index is 2.30. The maximum Gasteiger partial charge on any atom is 0.124 e. The molecule has 0 aromatic heterocycles. The van der Waals surface area contributed by atoms with Crippen molar-refractivity contribution in [1.82, 2.24) is 0 Å². The number of rotatable bonds is 3. The lowest BCUT2D eigenvalue weighted by Crippen LogP contribution is -2.24. The third-order valence-corrected chi connectivity index (χ3v) is 4.23. The first-order chi connectivity index (χ1) is 8.88. The minimum atomic E-state index is -1.01. The molecule has 0 fully saturated rings. The molecule has 19 heavy (non-hydrogen) atoms. The Labute approximate surface area is 128 Å². The Hall–Kier alpha value is -0.710. The van der Waals surface area contributed by atoms with E-state index in [1.165, 1.54) is 12.1 Å². The van der Waals surface area contributed by atoms with Gasteiger partial charge in [-0.1, -0.05) is 50.1 Å². The zero-order valence-electron chi connectivity index (χ0n) is 10.3. The molecule has 0 bridgehead atoms. The predicted molar refractivity (Wildman–Crippen MR) is 81.5 cm³/mol. The molecule has 0 saturated heterocycles. The van der Waals surface area contributed by atoms with Crippen molar-refractivity contribution in [2.75, 3.05) is 0 Å². The number of hydrogen-bond donors (Lipinski definition) is 1. The Morgan fingerprint density at radius 3 is 2.53 bits per heavy atom. The highest BCUT2D eigenvalue weighted by Crippen LogP contribution is 2.30. The lowest BCUT2D eigenvalue weighted by atomic mass is 9.89. The van der Waals surface area contributed by atoms with Gasteiger partial charge in [-0.05, 0) is 42.3 Å². The lowest BCUT2D eigenvalue weighted by Gasteiger charge is -2.25. The Morgan fingerprint density at radius 2 is 1.89 bits per heavy atom. The molecule has 0 heterocycles. The van der Waals surface area contributed by atoms with E-state index in [0.29, 0.717) is 10.9 Å². The molecule has 0 spiro atoms. The normalized spacial score (nSPS) is 14.2. The van der Waals surface area contributed by atoms with Crippen molar-refractivity contribution in [2.45, 2.75) is 18.9 Å². The molecule has 0 saturated carbocycles. The molecule has 1 atom stereocenters. The number of aliphatic hydroxyl groups is 1. The van der Waals surface area contributed by atoms with E-state index >= 15 is 0 Å². The molecule has 1 nitrogen and oxygen atoms in total. The minimum Gasteiger partial charge on any atom is -0.385 e. The van der Waals surface area contributed by atoms with Gasteiger partial charge in [0.1, 0.15) is 5.82 Å². The summed E-state index contributed by atoms with van der Waals surface area (Å²) < 4.78 is 14.6. The van der Waals surface area contributed by atoms with E-state index in [2.05, 4.69) is 31.9 Å². The van der Waals surface area contributed by atoms with Crippen LogP contribution >= 0.6 is 31.9 Å². The summed E-state index contributed by atoms with van der Waals surface area (Å²) in [6, 6.07) is 12.1. The van der Waals surface area contributed by atoms with Crippen molar-refractivity contribution >= 4 is 31.9 Å². The zero-order valence-corrected chi connectivity index (χ0v) is 13.5. The predicted octanol–water partition coefficient (Wildman–Crippen LogP) is 4.80. The van der Waals surface area contributed by atoms with Crippen LogP contribution in [0.5, 0.6) is 0 Å². The molecule has 2 aromatic rings. The number of halogens is 3. The second-order valence-electron chi connectivity index (χ2n) is 4.70. The standard InChI is InChI=1S/C15H13Br2FO/c1-15(19,11-3-2-4-12(16)7-11)9-10-5-6-13(18)8-14(10)17/h2-8,19H,9H2,1H3. The van der Waals surface area contributed by atoms with E-state index in [1.807, 2.05) is 24.3 Å². The van der Waals surface area contributed by atoms with Gasteiger partial charge in [0.25, 0.3) is 0 Å². The van der Waals surface area contributed by atoms with Crippen LogP contribution in [0.4, 0.5) is 4.39 Å². The van der Waals surface area contributed by atoms with Gasteiger partial charge < -0.3 is 5.11 Å². The fourth-order valence-electron chi connectivity index (χ4n) is 1.96. The van der Waals surface area contributed by atoms with Crippen LogP contribution in [0.3, 0.4) is 0 Å². The van der Waals surface area contributed by atoms with Gasteiger partial charge in [0.2, 0.25) is 0 Å². The van der Waals surface area contributed by atoms with Gasteiger partial charge in [0, 0.05) is 15.4 Å². The van der Waals surface area contributed by atoms with Crippen LogP contribution < -0.4 is 0 Å². The van der Waals surface area contributed by atoms with Gasteiger partial charge in [-0.2, -0.15) is 0 Å². The van der Waals surface area contributed by atoms with Crippen molar-refractivity contribution in [1.29, 1.82) is 0 Å². The number of hydrogen-bond acceptors (Lipinski definition) is 1. The van der Waals surface area contributed by atoms with Crippen LogP contribution in [0.1, 0.15) is 18.1 Å². The van der Waals surface area contributed by atoms with E-state index < -0.39 is 5.60 Å². The van der Waals surface area contributed by atoms with Gasteiger partial charge in [-0.15, -0.1) is 0 Å². The smallest absolute Gasteiger partial charge is 0.124 e. The van der Waals surface area contributed by atoms with E-state index in [0.717, 1.165) is 15.6 Å². The summed E-state index contributed by atoms with van der Waals surface area (Å²) >= 11 is 6.72. The molecule has 0 aliphatic heterocycles. The van der Waals surface area contributed by atoms with Crippen LogP contribution in [0.15, 0.2) is 51.4 Å². The third kappa shape index (κ3) is 3.65. The molecule has 2 aromatic carbocycles. The first-order valence-electron chi connectivity index (χ1n) is 5.81. The summed E-state index contributed by atoms with van der Waals surface area (Å²) in [7, 11) is 0. The lowest BCUT2D eigenvalue weighted by molar-refractivity contribution is 0.0574. The minimum absolute atomic E-state index is 0.294. The van der Waals surface area contributed by atoms with Crippen LogP contribution in [0, 0.1) is 5.82 Å². The van der Waals surface area contributed by atoms with E-state index in [4.69, 9.17) is 0 Å². The first-order valence-corrected chi connectivity index (χ1v) is 7.39. The third-order valence-electron chi connectivity index (χ3n) is 3.00. The highest BCUT2D eigenvalue weighted by Gasteiger charge is 2.24. The molecule has 0 radical (unpaired) electrons. The topological polar surface area (TPSA) is 20.2 Å². The molecule has 1 unspecified atom stereocenters. The summed E-state index contributed by atoms with van der Waals surface area (Å²) in [5.41, 5.74) is 0.675. The molecule has 0 aliphatic carbocycles.